The van der Waals surface area contributed by atoms with Gasteiger partial charge in [0.2, 0.25) is 0 Å². The number of benzene rings is 2. The number of hydrogen-bond acceptors (Lipinski definition) is 3. The first-order valence-corrected chi connectivity index (χ1v) is 8.35. The molecule has 2 aromatic heterocycles. The van der Waals surface area contributed by atoms with Crippen LogP contribution in [0.2, 0.25) is 0 Å². The van der Waals surface area contributed by atoms with E-state index in [1.165, 1.54) is 21.5 Å². The van der Waals surface area contributed by atoms with Crippen LogP contribution in [0.1, 0.15) is 16.1 Å². The number of imidazole rings is 1. The average Bonchev–Trinajstić information content (AvgIpc) is 3.12. The Labute approximate surface area is 158 Å². The van der Waals surface area contributed by atoms with Gasteiger partial charge in [-0.15, -0.1) is 29.5 Å². The van der Waals surface area contributed by atoms with Crippen LogP contribution in [0, 0.1) is 26.8 Å². The van der Waals surface area contributed by atoms with Crippen LogP contribution in [0.3, 0.4) is 0 Å². The SMILES string of the molecule is Cc1nc2c(-c3nccn3-c3c(C)cccc3C)[c-]ccc2s1.[Ir]. The monoisotopic (exact) mass is 511 g/mol. The van der Waals surface area contributed by atoms with Crippen molar-refractivity contribution >= 4 is 21.6 Å². The second kappa shape index (κ2) is 6.59. The van der Waals surface area contributed by atoms with Crippen LogP contribution in [0.15, 0.2) is 42.7 Å². The molecule has 2 heterocycles. The van der Waals surface area contributed by atoms with Gasteiger partial charge in [-0.1, -0.05) is 23.8 Å². The third-order valence-electron chi connectivity index (χ3n) is 4.00. The molecule has 5 heteroatoms. The van der Waals surface area contributed by atoms with Gasteiger partial charge < -0.3 is 4.57 Å². The Bertz CT molecular complexity index is 996. The molecule has 0 aliphatic rings. The molecular formula is C19H16IrN3S-. The second-order valence-corrected chi connectivity index (χ2v) is 6.89. The summed E-state index contributed by atoms with van der Waals surface area (Å²) in [5, 5.41) is 1.06. The molecule has 4 rings (SSSR count). The smallest absolute Gasteiger partial charge is 0.0779 e. The summed E-state index contributed by atoms with van der Waals surface area (Å²) in [6.07, 6.45) is 3.85. The minimum Gasteiger partial charge on any atom is -0.339 e. The number of para-hydroxylation sites is 1. The van der Waals surface area contributed by atoms with Gasteiger partial charge in [-0.3, -0.25) is 9.97 Å². The third kappa shape index (κ3) is 2.73. The molecular weight excluding hydrogens is 495 g/mol. The molecule has 0 bridgehead atoms. The van der Waals surface area contributed by atoms with E-state index in [-0.39, 0.29) is 20.1 Å². The van der Waals surface area contributed by atoms with E-state index in [1.807, 2.05) is 25.4 Å². The predicted octanol–water partition coefficient (Wildman–Crippen LogP) is 4.87. The van der Waals surface area contributed by atoms with Crippen LogP contribution in [0.4, 0.5) is 0 Å². The maximum Gasteiger partial charge on any atom is 0.0779 e. The first-order chi connectivity index (χ1) is 11.1. The molecule has 0 unspecified atom stereocenters. The quantitative estimate of drug-likeness (QED) is 0.360. The molecule has 1 radical (unpaired) electrons. The van der Waals surface area contributed by atoms with Crippen LogP contribution in [0.5, 0.6) is 0 Å². The molecule has 4 aromatic rings. The molecule has 0 aliphatic heterocycles. The Morgan fingerprint density at radius 1 is 1.08 bits per heavy atom. The molecule has 123 valence electrons. The summed E-state index contributed by atoms with van der Waals surface area (Å²) in [5.41, 5.74) is 5.57. The van der Waals surface area contributed by atoms with Gasteiger partial charge in [0, 0.05) is 43.7 Å². The van der Waals surface area contributed by atoms with Crippen molar-refractivity contribution in [3.8, 4) is 17.1 Å². The Hall–Kier alpha value is -1.81. The molecule has 24 heavy (non-hydrogen) atoms. The molecule has 0 spiro atoms. The van der Waals surface area contributed by atoms with Crippen molar-refractivity contribution in [2.75, 3.05) is 0 Å². The number of nitrogens with zero attached hydrogens (tertiary/aromatic N) is 3. The molecule has 0 amide bonds. The topological polar surface area (TPSA) is 30.7 Å². The van der Waals surface area contributed by atoms with E-state index in [0.717, 1.165) is 21.9 Å². The Morgan fingerprint density at radius 3 is 2.58 bits per heavy atom. The van der Waals surface area contributed by atoms with E-state index < -0.39 is 0 Å². The van der Waals surface area contributed by atoms with Crippen LogP contribution >= 0.6 is 11.3 Å². The van der Waals surface area contributed by atoms with Crippen molar-refractivity contribution in [3.63, 3.8) is 0 Å². The Kier molecular flexibility index (Phi) is 4.68. The predicted molar refractivity (Wildman–Crippen MR) is 95.2 cm³/mol. The fraction of sp³-hybridized carbons (Fsp3) is 0.158. The zero-order valence-corrected chi connectivity index (χ0v) is 16.8. The van der Waals surface area contributed by atoms with Crippen molar-refractivity contribution in [1.29, 1.82) is 0 Å². The zero-order valence-electron chi connectivity index (χ0n) is 13.6. The van der Waals surface area contributed by atoms with Gasteiger partial charge in [-0.05, 0) is 36.6 Å². The van der Waals surface area contributed by atoms with Crippen LogP contribution < -0.4 is 0 Å². The summed E-state index contributed by atoms with van der Waals surface area (Å²) in [6.45, 7) is 6.29. The standard InChI is InChI=1S/C19H16N3S.Ir/c1-12-6-4-7-13(2)18(12)22-11-10-20-19(22)15-8-5-9-16-17(15)21-14(3)23-16;/h4-7,9-11H,1-3H3;/q-1;. The second-order valence-electron chi connectivity index (χ2n) is 5.66. The molecule has 0 saturated heterocycles. The maximum absolute atomic E-state index is 4.68. The van der Waals surface area contributed by atoms with E-state index in [4.69, 9.17) is 0 Å². The van der Waals surface area contributed by atoms with Crippen molar-refractivity contribution in [2.45, 2.75) is 20.8 Å². The van der Waals surface area contributed by atoms with Crippen LogP contribution in [0.25, 0.3) is 27.3 Å². The minimum absolute atomic E-state index is 0. The number of aromatic nitrogens is 3. The van der Waals surface area contributed by atoms with Gasteiger partial charge >= 0.3 is 0 Å². The average molecular weight is 511 g/mol. The van der Waals surface area contributed by atoms with E-state index in [1.54, 1.807) is 11.3 Å². The number of rotatable bonds is 2. The first-order valence-electron chi connectivity index (χ1n) is 7.53. The molecule has 0 N–H and O–H groups in total. The van der Waals surface area contributed by atoms with Crippen LogP contribution in [-0.4, -0.2) is 14.5 Å². The van der Waals surface area contributed by atoms with Crippen molar-refractivity contribution in [2.24, 2.45) is 0 Å². The molecule has 0 fully saturated rings. The van der Waals surface area contributed by atoms with E-state index in [0.29, 0.717) is 0 Å². The molecule has 0 atom stereocenters. The number of aryl methyl sites for hydroxylation is 3. The molecule has 2 aromatic carbocycles. The fourth-order valence-electron chi connectivity index (χ4n) is 3.03. The molecule has 0 aliphatic carbocycles. The number of hydrogen-bond donors (Lipinski definition) is 0. The van der Waals surface area contributed by atoms with Crippen molar-refractivity contribution < 1.29 is 20.1 Å². The summed E-state index contributed by atoms with van der Waals surface area (Å²) < 4.78 is 3.32. The van der Waals surface area contributed by atoms with Crippen molar-refractivity contribution in [3.05, 3.63) is 64.9 Å². The normalized spacial score (nSPS) is 10.8. The summed E-state index contributed by atoms with van der Waals surface area (Å²) in [7, 11) is 0. The summed E-state index contributed by atoms with van der Waals surface area (Å²) >= 11 is 1.70. The van der Waals surface area contributed by atoms with Gasteiger partial charge in [-0.2, -0.15) is 0 Å². The van der Waals surface area contributed by atoms with Gasteiger partial charge in [0.05, 0.1) is 10.8 Å². The third-order valence-corrected chi connectivity index (χ3v) is 4.94. The Balaban J connectivity index is 0.00000169. The van der Waals surface area contributed by atoms with Gasteiger partial charge in [0.25, 0.3) is 0 Å². The largest absolute Gasteiger partial charge is 0.339 e. The zero-order chi connectivity index (χ0) is 16.0. The fourth-order valence-corrected chi connectivity index (χ4v) is 3.86. The summed E-state index contributed by atoms with van der Waals surface area (Å²) in [6, 6.07) is 13.7. The van der Waals surface area contributed by atoms with Gasteiger partial charge in [0.15, 0.2) is 0 Å². The van der Waals surface area contributed by atoms with Crippen molar-refractivity contribution in [1.82, 2.24) is 14.5 Å². The summed E-state index contributed by atoms with van der Waals surface area (Å²) in [4.78, 5) is 9.28. The number of fused-ring (bicyclic) bond motifs is 1. The molecule has 3 nitrogen and oxygen atoms in total. The van der Waals surface area contributed by atoms with E-state index in [9.17, 15) is 0 Å². The van der Waals surface area contributed by atoms with Crippen LogP contribution in [-0.2, 0) is 20.1 Å². The van der Waals surface area contributed by atoms with E-state index in [2.05, 4.69) is 58.7 Å². The summed E-state index contributed by atoms with van der Waals surface area (Å²) in [5.74, 6) is 0.887. The Morgan fingerprint density at radius 2 is 1.83 bits per heavy atom. The first kappa shape index (κ1) is 17.0. The minimum atomic E-state index is 0. The number of thiazole rings is 1. The van der Waals surface area contributed by atoms with Gasteiger partial charge in [0.1, 0.15) is 0 Å². The maximum atomic E-state index is 4.68. The molecule has 0 saturated carbocycles. The van der Waals surface area contributed by atoms with Gasteiger partial charge in [-0.25, -0.2) is 0 Å². The van der Waals surface area contributed by atoms with E-state index >= 15 is 0 Å².